The van der Waals surface area contributed by atoms with Gasteiger partial charge in [-0.2, -0.15) is 0 Å². The van der Waals surface area contributed by atoms with Gasteiger partial charge in [0.2, 0.25) is 11.7 Å². The third-order valence-electron chi connectivity index (χ3n) is 5.38. The van der Waals surface area contributed by atoms with Crippen molar-refractivity contribution in [2.75, 3.05) is 47.5 Å². The number of methoxy groups -OCH3 is 3. The smallest absolute Gasteiger partial charge is 0.256 e. The normalized spacial score (nSPS) is 13.7. The van der Waals surface area contributed by atoms with Gasteiger partial charge in [-0.25, -0.2) is 4.39 Å². The van der Waals surface area contributed by atoms with Gasteiger partial charge in [-0.15, -0.1) is 0 Å². The number of piperazine rings is 1. The van der Waals surface area contributed by atoms with Gasteiger partial charge in [0.1, 0.15) is 5.82 Å². The Labute approximate surface area is 181 Å². The monoisotopic (exact) mass is 430 g/mol. The van der Waals surface area contributed by atoms with Crippen molar-refractivity contribution >= 4 is 11.8 Å². The molecule has 3 rings (SSSR count). The van der Waals surface area contributed by atoms with Crippen molar-refractivity contribution in [2.24, 2.45) is 0 Å². The van der Waals surface area contributed by atoms with E-state index in [1.165, 1.54) is 12.1 Å². The average Bonchev–Trinajstić information content (AvgIpc) is 2.81. The van der Waals surface area contributed by atoms with Gasteiger partial charge in [-0.1, -0.05) is 12.1 Å². The predicted molar refractivity (Wildman–Crippen MR) is 113 cm³/mol. The zero-order valence-corrected chi connectivity index (χ0v) is 18.0. The van der Waals surface area contributed by atoms with Crippen LogP contribution in [-0.2, 0) is 11.2 Å². The fourth-order valence-electron chi connectivity index (χ4n) is 3.65. The Bertz CT molecular complexity index is 916. The second-order valence-corrected chi connectivity index (χ2v) is 7.19. The number of nitrogens with zero attached hydrogens (tertiary/aromatic N) is 2. The Balaban J connectivity index is 1.56. The zero-order valence-electron chi connectivity index (χ0n) is 18.0. The first-order valence-corrected chi connectivity index (χ1v) is 10.1. The van der Waals surface area contributed by atoms with Crippen LogP contribution in [0.15, 0.2) is 36.4 Å². The lowest BCUT2D eigenvalue weighted by Crippen LogP contribution is -2.50. The predicted octanol–water partition coefficient (Wildman–Crippen LogP) is 2.77. The Morgan fingerprint density at radius 2 is 1.48 bits per heavy atom. The van der Waals surface area contributed by atoms with Crippen LogP contribution < -0.4 is 14.2 Å². The van der Waals surface area contributed by atoms with Gasteiger partial charge in [-0.05, 0) is 36.2 Å². The van der Waals surface area contributed by atoms with Crippen LogP contribution in [0.3, 0.4) is 0 Å². The lowest BCUT2D eigenvalue weighted by atomic mass is 10.1. The molecular formula is C23H27FN2O5. The van der Waals surface area contributed by atoms with E-state index in [1.54, 1.807) is 43.3 Å². The summed E-state index contributed by atoms with van der Waals surface area (Å²) in [6.07, 6.45) is 0.837. The van der Waals surface area contributed by atoms with Gasteiger partial charge in [0.05, 0.1) is 26.9 Å². The SMILES string of the molecule is COc1cc(CCC(=O)N2CCN(C(=O)c3ccccc3F)CC2)cc(OC)c1OC. The van der Waals surface area contributed by atoms with Crippen molar-refractivity contribution in [2.45, 2.75) is 12.8 Å². The number of halogens is 1. The fourth-order valence-corrected chi connectivity index (χ4v) is 3.65. The summed E-state index contributed by atoms with van der Waals surface area (Å²) in [5.41, 5.74) is 0.959. The fraction of sp³-hybridized carbons (Fsp3) is 0.391. The molecule has 0 aliphatic carbocycles. The van der Waals surface area contributed by atoms with Gasteiger partial charge < -0.3 is 24.0 Å². The molecule has 166 valence electrons. The van der Waals surface area contributed by atoms with Crippen LogP contribution in [0.5, 0.6) is 17.2 Å². The molecule has 0 N–H and O–H groups in total. The molecule has 0 bridgehead atoms. The van der Waals surface area contributed by atoms with Crippen molar-refractivity contribution < 1.29 is 28.2 Å². The molecule has 1 saturated heterocycles. The highest BCUT2D eigenvalue weighted by atomic mass is 19.1. The number of amides is 2. The summed E-state index contributed by atoms with van der Waals surface area (Å²) in [7, 11) is 4.64. The molecule has 2 aromatic rings. The third kappa shape index (κ3) is 5.07. The van der Waals surface area contributed by atoms with Crippen LogP contribution in [0.25, 0.3) is 0 Å². The number of rotatable bonds is 7. The Morgan fingerprint density at radius 1 is 0.903 bits per heavy atom. The van der Waals surface area contributed by atoms with E-state index in [2.05, 4.69) is 0 Å². The molecule has 0 radical (unpaired) electrons. The molecule has 8 heteroatoms. The van der Waals surface area contributed by atoms with Gasteiger partial charge in [0.25, 0.3) is 5.91 Å². The molecule has 2 amide bonds. The maximum absolute atomic E-state index is 13.9. The maximum atomic E-state index is 13.9. The maximum Gasteiger partial charge on any atom is 0.256 e. The number of hydrogen-bond acceptors (Lipinski definition) is 5. The summed E-state index contributed by atoms with van der Waals surface area (Å²) < 4.78 is 29.9. The summed E-state index contributed by atoms with van der Waals surface area (Å²) in [4.78, 5) is 28.5. The van der Waals surface area contributed by atoms with E-state index in [0.717, 1.165) is 5.56 Å². The van der Waals surface area contributed by atoms with Crippen LogP contribution in [0, 0.1) is 5.82 Å². The topological polar surface area (TPSA) is 68.3 Å². The molecule has 1 aliphatic rings. The molecule has 0 saturated carbocycles. The summed E-state index contributed by atoms with van der Waals surface area (Å²) in [6, 6.07) is 9.61. The quantitative estimate of drug-likeness (QED) is 0.676. The van der Waals surface area contributed by atoms with Gasteiger partial charge in [0.15, 0.2) is 11.5 Å². The first-order valence-electron chi connectivity index (χ1n) is 10.1. The van der Waals surface area contributed by atoms with Crippen LogP contribution >= 0.6 is 0 Å². The Hall–Kier alpha value is -3.29. The van der Waals surface area contributed by atoms with Gasteiger partial charge in [-0.3, -0.25) is 9.59 Å². The van der Waals surface area contributed by atoms with Gasteiger partial charge >= 0.3 is 0 Å². The third-order valence-corrected chi connectivity index (χ3v) is 5.38. The number of benzene rings is 2. The van der Waals surface area contributed by atoms with E-state index < -0.39 is 5.82 Å². The molecule has 0 unspecified atom stereocenters. The molecule has 0 aromatic heterocycles. The minimum Gasteiger partial charge on any atom is -0.493 e. The highest BCUT2D eigenvalue weighted by Crippen LogP contribution is 2.38. The molecule has 31 heavy (non-hydrogen) atoms. The van der Waals surface area contributed by atoms with Crippen LogP contribution in [0.2, 0.25) is 0 Å². The summed E-state index contributed by atoms with van der Waals surface area (Å²) in [6.45, 7) is 1.61. The Kier molecular flexibility index (Phi) is 7.33. The average molecular weight is 430 g/mol. The van der Waals surface area contributed by atoms with Crippen LogP contribution in [0.4, 0.5) is 4.39 Å². The first-order chi connectivity index (χ1) is 15.0. The summed E-state index contributed by atoms with van der Waals surface area (Å²) in [5.74, 6) is 0.732. The van der Waals surface area contributed by atoms with E-state index in [-0.39, 0.29) is 17.4 Å². The van der Waals surface area contributed by atoms with E-state index in [9.17, 15) is 14.0 Å². The number of aryl methyl sites for hydroxylation is 1. The zero-order chi connectivity index (χ0) is 22.4. The van der Waals surface area contributed by atoms with Crippen LogP contribution in [-0.4, -0.2) is 69.1 Å². The van der Waals surface area contributed by atoms with Crippen molar-refractivity contribution in [3.05, 3.63) is 53.3 Å². The van der Waals surface area contributed by atoms with E-state index in [1.807, 2.05) is 12.1 Å². The van der Waals surface area contributed by atoms with E-state index >= 15 is 0 Å². The molecule has 1 aliphatic heterocycles. The second-order valence-electron chi connectivity index (χ2n) is 7.19. The largest absolute Gasteiger partial charge is 0.493 e. The highest BCUT2D eigenvalue weighted by molar-refractivity contribution is 5.94. The van der Waals surface area contributed by atoms with E-state index in [0.29, 0.717) is 56.3 Å². The highest BCUT2D eigenvalue weighted by Gasteiger charge is 2.26. The van der Waals surface area contributed by atoms with Crippen LogP contribution in [0.1, 0.15) is 22.3 Å². The number of carbonyl (C=O) groups excluding carboxylic acids is 2. The molecule has 1 fully saturated rings. The van der Waals surface area contributed by atoms with Crippen molar-refractivity contribution in [3.8, 4) is 17.2 Å². The lowest BCUT2D eigenvalue weighted by molar-refractivity contribution is -0.132. The summed E-state index contributed by atoms with van der Waals surface area (Å²) >= 11 is 0. The Morgan fingerprint density at radius 3 is 2.03 bits per heavy atom. The number of hydrogen-bond donors (Lipinski definition) is 0. The number of carbonyl (C=O) groups is 2. The molecule has 0 atom stereocenters. The number of ether oxygens (including phenoxy) is 3. The first kappa shape index (κ1) is 22.4. The molecule has 1 heterocycles. The van der Waals surface area contributed by atoms with Gasteiger partial charge in [0, 0.05) is 32.6 Å². The molecule has 7 nitrogen and oxygen atoms in total. The standard InChI is InChI=1S/C23H27FN2O5/c1-29-19-14-16(15-20(30-2)22(19)31-3)8-9-21(27)25-10-12-26(13-11-25)23(28)17-6-4-5-7-18(17)24/h4-7,14-15H,8-13H2,1-3H3. The molecule has 2 aromatic carbocycles. The minimum absolute atomic E-state index is 0.00624. The molecular weight excluding hydrogens is 403 g/mol. The van der Waals surface area contributed by atoms with E-state index in [4.69, 9.17) is 14.2 Å². The van der Waals surface area contributed by atoms with Crippen molar-refractivity contribution in [3.63, 3.8) is 0 Å². The second kappa shape index (κ2) is 10.1. The van der Waals surface area contributed by atoms with Crippen molar-refractivity contribution in [1.29, 1.82) is 0 Å². The lowest BCUT2D eigenvalue weighted by Gasteiger charge is -2.35. The molecule has 0 spiro atoms. The van der Waals surface area contributed by atoms with Crippen molar-refractivity contribution in [1.82, 2.24) is 9.80 Å². The summed E-state index contributed by atoms with van der Waals surface area (Å²) in [5, 5.41) is 0. The minimum atomic E-state index is -0.531.